The largest absolute Gasteiger partial charge is 0.493 e. The Labute approximate surface area is 140 Å². The van der Waals surface area contributed by atoms with Gasteiger partial charge in [0.25, 0.3) is 0 Å². The molecule has 2 heterocycles. The van der Waals surface area contributed by atoms with E-state index < -0.39 is 0 Å². The molecule has 0 unspecified atom stereocenters. The molecule has 0 spiro atoms. The van der Waals surface area contributed by atoms with E-state index in [4.69, 9.17) is 9.47 Å². The van der Waals surface area contributed by atoms with Crippen LogP contribution in [0.3, 0.4) is 0 Å². The average molecular weight is 323 g/mol. The first kappa shape index (κ1) is 14.8. The molecule has 122 valence electrons. The maximum Gasteiger partial charge on any atom is 0.161 e. The molecule has 0 N–H and O–H groups in total. The summed E-state index contributed by atoms with van der Waals surface area (Å²) in [5.74, 6) is 1.27. The van der Waals surface area contributed by atoms with E-state index >= 15 is 0 Å². The first-order valence-electron chi connectivity index (χ1n) is 7.91. The maximum atomic E-state index is 13.2. The predicted octanol–water partition coefficient (Wildman–Crippen LogP) is 4.53. The van der Waals surface area contributed by atoms with Gasteiger partial charge in [-0.15, -0.1) is 0 Å². The first-order valence-corrected chi connectivity index (χ1v) is 7.91. The van der Waals surface area contributed by atoms with Crippen molar-refractivity contribution in [3.63, 3.8) is 0 Å². The zero-order valence-electron chi connectivity index (χ0n) is 13.7. The van der Waals surface area contributed by atoms with Gasteiger partial charge in [0.15, 0.2) is 11.5 Å². The lowest BCUT2D eigenvalue weighted by Crippen LogP contribution is -2.10. The zero-order valence-corrected chi connectivity index (χ0v) is 13.7. The van der Waals surface area contributed by atoms with Gasteiger partial charge in [-0.2, -0.15) is 0 Å². The van der Waals surface area contributed by atoms with Crippen molar-refractivity contribution in [2.45, 2.75) is 13.0 Å². The summed E-state index contributed by atoms with van der Waals surface area (Å²) in [4.78, 5) is 0. The molecule has 0 fully saturated rings. The minimum absolute atomic E-state index is 0.218. The Hall–Kier alpha value is -2.75. The van der Waals surface area contributed by atoms with Gasteiger partial charge in [0.2, 0.25) is 0 Å². The molecule has 24 heavy (non-hydrogen) atoms. The monoisotopic (exact) mass is 323 g/mol. The van der Waals surface area contributed by atoms with Crippen molar-refractivity contribution < 1.29 is 13.9 Å². The molecule has 0 radical (unpaired) electrons. The van der Waals surface area contributed by atoms with Crippen LogP contribution in [0, 0.1) is 5.82 Å². The molecule has 2 aromatic carbocycles. The second kappa shape index (κ2) is 5.71. The molecule has 0 atom stereocenters. The predicted molar refractivity (Wildman–Crippen MR) is 92.1 cm³/mol. The number of hydrogen-bond donors (Lipinski definition) is 0. The van der Waals surface area contributed by atoms with Gasteiger partial charge in [-0.25, -0.2) is 4.39 Å². The van der Waals surface area contributed by atoms with Crippen LogP contribution in [0.15, 0.2) is 48.7 Å². The van der Waals surface area contributed by atoms with Crippen molar-refractivity contribution >= 4 is 0 Å². The van der Waals surface area contributed by atoms with Crippen LogP contribution in [0.4, 0.5) is 4.39 Å². The maximum absolute atomic E-state index is 13.2. The van der Waals surface area contributed by atoms with Crippen LogP contribution >= 0.6 is 0 Å². The third-order valence-electron chi connectivity index (χ3n) is 4.58. The number of aromatic nitrogens is 1. The van der Waals surface area contributed by atoms with Crippen LogP contribution in [0.2, 0.25) is 0 Å². The molecule has 1 aliphatic heterocycles. The molecule has 3 aromatic rings. The molecule has 4 rings (SSSR count). The highest BCUT2D eigenvalue weighted by molar-refractivity contribution is 5.76. The lowest BCUT2D eigenvalue weighted by atomic mass is 9.97. The molecule has 4 heteroatoms. The van der Waals surface area contributed by atoms with E-state index in [1.165, 1.54) is 17.7 Å². The fraction of sp³-hybridized carbons (Fsp3) is 0.200. The van der Waals surface area contributed by atoms with Crippen LogP contribution in [0.5, 0.6) is 11.5 Å². The molecule has 1 aromatic heterocycles. The second-order valence-corrected chi connectivity index (χ2v) is 5.93. The number of fused-ring (bicyclic) bond motifs is 3. The van der Waals surface area contributed by atoms with Crippen LogP contribution in [0.1, 0.15) is 5.56 Å². The van der Waals surface area contributed by atoms with E-state index in [1.807, 2.05) is 18.2 Å². The van der Waals surface area contributed by atoms with Gasteiger partial charge >= 0.3 is 0 Å². The quantitative estimate of drug-likeness (QED) is 0.707. The van der Waals surface area contributed by atoms with E-state index in [0.29, 0.717) is 0 Å². The minimum Gasteiger partial charge on any atom is -0.493 e. The number of halogens is 1. The topological polar surface area (TPSA) is 23.4 Å². The summed E-state index contributed by atoms with van der Waals surface area (Å²) in [6, 6.07) is 12.9. The number of nitrogens with zero attached hydrogens (tertiary/aromatic N) is 1. The van der Waals surface area contributed by atoms with Crippen molar-refractivity contribution in [2.24, 2.45) is 0 Å². The summed E-state index contributed by atoms with van der Waals surface area (Å²) in [7, 11) is 3.30. The van der Waals surface area contributed by atoms with E-state index in [1.54, 1.807) is 14.2 Å². The van der Waals surface area contributed by atoms with Gasteiger partial charge in [-0.05, 0) is 53.4 Å². The van der Waals surface area contributed by atoms with E-state index in [2.05, 4.69) is 22.9 Å². The fourth-order valence-electron chi connectivity index (χ4n) is 3.33. The molecule has 0 saturated heterocycles. The third-order valence-corrected chi connectivity index (χ3v) is 4.58. The molecule has 3 nitrogen and oxygen atoms in total. The number of benzene rings is 2. The Morgan fingerprint density at radius 3 is 2.33 bits per heavy atom. The number of methoxy groups -OCH3 is 2. The first-order chi connectivity index (χ1) is 11.7. The van der Waals surface area contributed by atoms with Crippen molar-refractivity contribution in [3.8, 4) is 33.9 Å². The Kier molecular flexibility index (Phi) is 3.53. The van der Waals surface area contributed by atoms with Gasteiger partial charge in [-0.3, -0.25) is 0 Å². The summed E-state index contributed by atoms with van der Waals surface area (Å²) in [5, 5.41) is 0. The van der Waals surface area contributed by atoms with E-state index in [9.17, 15) is 4.39 Å². The Balaban J connectivity index is 1.82. The van der Waals surface area contributed by atoms with Crippen molar-refractivity contribution in [1.29, 1.82) is 0 Å². The second-order valence-electron chi connectivity index (χ2n) is 5.93. The molecular weight excluding hydrogens is 305 g/mol. The van der Waals surface area contributed by atoms with Crippen molar-refractivity contribution in [2.75, 3.05) is 14.2 Å². The van der Waals surface area contributed by atoms with Crippen LogP contribution in [-0.2, 0) is 13.0 Å². The van der Waals surface area contributed by atoms with Crippen molar-refractivity contribution in [1.82, 2.24) is 4.57 Å². The highest BCUT2D eigenvalue weighted by Crippen LogP contribution is 2.40. The molecular formula is C20H18FNO2. The van der Waals surface area contributed by atoms with E-state index in [0.717, 1.165) is 46.8 Å². The third kappa shape index (κ3) is 2.35. The van der Waals surface area contributed by atoms with Gasteiger partial charge < -0.3 is 14.0 Å². The molecule has 0 saturated carbocycles. The van der Waals surface area contributed by atoms with Crippen LogP contribution in [0.25, 0.3) is 22.4 Å². The number of ether oxygens (including phenoxy) is 2. The normalized spacial score (nSPS) is 12.5. The molecule has 0 amide bonds. The van der Waals surface area contributed by atoms with Gasteiger partial charge in [0.1, 0.15) is 5.82 Å². The number of rotatable bonds is 3. The smallest absolute Gasteiger partial charge is 0.161 e. The Morgan fingerprint density at radius 1 is 0.917 bits per heavy atom. The summed E-state index contributed by atoms with van der Waals surface area (Å²) >= 11 is 0. The number of hydrogen-bond acceptors (Lipinski definition) is 2. The lowest BCUT2D eigenvalue weighted by molar-refractivity contribution is 0.354. The Bertz CT molecular complexity index is 897. The fourth-order valence-corrected chi connectivity index (χ4v) is 3.33. The average Bonchev–Trinajstić information content (AvgIpc) is 3.05. The summed E-state index contributed by atoms with van der Waals surface area (Å²) < 4.78 is 26.2. The number of aryl methyl sites for hydroxylation is 2. The Morgan fingerprint density at radius 2 is 1.62 bits per heavy atom. The van der Waals surface area contributed by atoms with Gasteiger partial charge in [0.05, 0.1) is 14.2 Å². The zero-order chi connectivity index (χ0) is 16.7. The van der Waals surface area contributed by atoms with Crippen molar-refractivity contribution in [3.05, 3.63) is 60.0 Å². The molecule has 0 bridgehead atoms. The molecule has 1 aliphatic rings. The standard InChI is InChI=1S/C20H18FNO2/c1-23-19-10-14-7-8-22-12-15(13-3-5-16(21)6-4-13)9-18(22)17(14)11-20(19)24-2/h3-6,9-12H,7-8H2,1-2H3. The summed E-state index contributed by atoms with van der Waals surface area (Å²) in [6.07, 6.45) is 3.07. The molecule has 0 aliphatic carbocycles. The summed E-state index contributed by atoms with van der Waals surface area (Å²) in [5.41, 5.74) is 5.67. The minimum atomic E-state index is -0.218. The lowest BCUT2D eigenvalue weighted by Gasteiger charge is -2.21. The van der Waals surface area contributed by atoms with Gasteiger partial charge in [0, 0.05) is 24.0 Å². The van der Waals surface area contributed by atoms with E-state index in [-0.39, 0.29) is 5.82 Å². The highest BCUT2D eigenvalue weighted by Gasteiger charge is 2.20. The van der Waals surface area contributed by atoms with Crippen LogP contribution in [-0.4, -0.2) is 18.8 Å². The van der Waals surface area contributed by atoms with Crippen LogP contribution < -0.4 is 9.47 Å². The summed E-state index contributed by atoms with van der Waals surface area (Å²) in [6.45, 7) is 0.916. The highest BCUT2D eigenvalue weighted by atomic mass is 19.1. The SMILES string of the molecule is COc1cc2c(cc1OC)-c1cc(-c3ccc(F)cc3)cn1CC2. The van der Waals surface area contributed by atoms with Gasteiger partial charge in [-0.1, -0.05) is 12.1 Å².